The van der Waals surface area contributed by atoms with Crippen molar-refractivity contribution in [2.24, 2.45) is 10.2 Å². The summed E-state index contributed by atoms with van der Waals surface area (Å²) in [5.74, 6) is -0.640. The average molecular weight is 349 g/mol. The molecule has 8 heteroatoms. The molecule has 0 aliphatic rings. The van der Waals surface area contributed by atoms with Crippen LogP contribution in [-0.4, -0.2) is 15.2 Å². The number of H-pyrrole nitrogens is 1. The molecule has 0 fully saturated rings. The van der Waals surface area contributed by atoms with Gasteiger partial charge in [0.15, 0.2) is 5.69 Å². The second-order valence-corrected chi connectivity index (χ2v) is 5.47. The van der Waals surface area contributed by atoms with E-state index in [1.807, 2.05) is 0 Å². The third-order valence-electron chi connectivity index (χ3n) is 3.05. The molecule has 0 aliphatic carbocycles. The number of rotatable bonds is 2. The van der Waals surface area contributed by atoms with Crippen LogP contribution in [0.1, 0.15) is 0 Å². The number of azo groups is 1. The minimum absolute atomic E-state index is 0.0949. The Kier molecular flexibility index (Phi) is 4.22. The predicted molar refractivity (Wildman–Crippen MR) is 92.1 cm³/mol. The van der Waals surface area contributed by atoms with Crippen LogP contribution in [0.5, 0.6) is 5.88 Å². The molecule has 0 aliphatic heterocycles. The van der Waals surface area contributed by atoms with E-state index < -0.39 is 5.82 Å². The number of hydrogen-bond acceptors (Lipinski definition) is 3. The van der Waals surface area contributed by atoms with Crippen LogP contribution in [0.3, 0.4) is 0 Å². The third-order valence-corrected chi connectivity index (χ3v) is 3.49. The number of anilines is 1. The molecule has 0 bridgehead atoms. The molecule has 23 heavy (non-hydrogen) atoms. The summed E-state index contributed by atoms with van der Waals surface area (Å²) in [5, 5.41) is 21.6. The number of halogens is 2. The maximum atomic E-state index is 13.3. The fourth-order valence-corrected chi connectivity index (χ4v) is 2.30. The van der Waals surface area contributed by atoms with Crippen LogP contribution >= 0.6 is 23.8 Å². The lowest BCUT2D eigenvalue weighted by molar-refractivity contribution is 0.459. The summed E-state index contributed by atoms with van der Waals surface area (Å²) in [6.45, 7) is 0. The van der Waals surface area contributed by atoms with Crippen LogP contribution in [0, 0.1) is 5.82 Å². The minimum Gasteiger partial charge on any atom is -0.493 e. The number of hydrogen-bond donors (Lipinski definition) is 3. The Morgan fingerprint density at radius 2 is 1.96 bits per heavy atom. The molecule has 0 radical (unpaired) electrons. The summed E-state index contributed by atoms with van der Waals surface area (Å²) in [6.07, 6.45) is 0. The smallest absolute Gasteiger partial charge is 0.218 e. The van der Waals surface area contributed by atoms with E-state index in [1.54, 1.807) is 24.3 Å². The van der Waals surface area contributed by atoms with Gasteiger partial charge >= 0.3 is 0 Å². The van der Waals surface area contributed by atoms with Gasteiger partial charge in [0.25, 0.3) is 0 Å². The van der Waals surface area contributed by atoms with E-state index in [4.69, 9.17) is 23.8 Å². The number of aromatic hydroxyl groups is 1. The maximum Gasteiger partial charge on any atom is 0.218 e. The van der Waals surface area contributed by atoms with Crippen LogP contribution < -0.4 is 5.32 Å². The second kappa shape index (κ2) is 6.31. The van der Waals surface area contributed by atoms with Gasteiger partial charge in [0.05, 0.1) is 5.52 Å². The zero-order chi connectivity index (χ0) is 16.4. The molecule has 0 saturated heterocycles. The summed E-state index contributed by atoms with van der Waals surface area (Å²) in [5.41, 5.74) is 1.38. The first-order valence-corrected chi connectivity index (χ1v) is 7.30. The molecule has 0 atom stereocenters. The monoisotopic (exact) mass is 348 g/mol. The lowest BCUT2D eigenvalue weighted by Crippen LogP contribution is -2.04. The van der Waals surface area contributed by atoms with Gasteiger partial charge in [-0.1, -0.05) is 11.6 Å². The van der Waals surface area contributed by atoms with Crippen molar-refractivity contribution in [3.05, 3.63) is 53.3 Å². The number of nitrogens with zero attached hydrogens (tertiary/aromatic N) is 2. The largest absolute Gasteiger partial charge is 0.493 e. The molecule has 1 heterocycles. The maximum absolute atomic E-state index is 13.3. The molecule has 116 valence electrons. The van der Waals surface area contributed by atoms with Crippen molar-refractivity contribution >= 4 is 51.2 Å². The quantitative estimate of drug-likeness (QED) is 0.443. The van der Waals surface area contributed by atoms with Gasteiger partial charge in [0, 0.05) is 16.1 Å². The van der Waals surface area contributed by atoms with Gasteiger partial charge in [-0.3, -0.25) is 0 Å². The third kappa shape index (κ3) is 3.46. The summed E-state index contributed by atoms with van der Waals surface area (Å²) < 4.78 is 13.3. The van der Waals surface area contributed by atoms with Gasteiger partial charge < -0.3 is 15.4 Å². The van der Waals surface area contributed by atoms with Crippen LogP contribution in [0.15, 0.2) is 52.7 Å². The molecule has 3 aromatic rings. The Labute approximate surface area is 140 Å². The van der Waals surface area contributed by atoms with Gasteiger partial charge in [-0.2, -0.15) is 0 Å². The highest BCUT2D eigenvalue weighted by Crippen LogP contribution is 2.35. The summed E-state index contributed by atoms with van der Waals surface area (Å²) >= 11 is 10.9. The Morgan fingerprint density at radius 1 is 1.22 bits per heavy atom. The van der Waals surface area contributed by atoms with E-state index in [1.165, 1.54) is 18.2 Å². The predicted octanol–water partition coefficient (Wildman–Crippen LogP) is 5.15. The number of thiocarbonyl (C=S) groups is 1. The zero-order valence-corrected chi connectivity index (χ0v) is 13.1. The molecule has 0 saturated carbocycles. The molecular weight excluding hydrogens is 339 g/mol. The standard InChI is InChI=1S/C15H10ClFN4OS/c16-8-1-4-10(5-2-8)18-15(23)21-20-13-11-7-9(17)3-6-12(11)19-14(13)22/h1-7,19,22H,(H,18,23). The van der Waals surface area contributed by atoms with Gasteiger partial charge in [-0.25, -0.2) is 4.39 Å². The van der Waals surface area contributed by atoms with Gasteiger partial charge in [-0.15, -0.1) is 10.2 Å². The molecule has 0 unspecified atom stereocenters. The van der Waals surface area contributed by atoms with Crippen LogP contribution in [0.4, 0.5) is 15.8 Å². The van der Waals surface area contributed by atoms with Gasteiger partial charge in [0.2, 0.25) is 11.0 Å². The van der Waals surface area contributed by atoms with Crippen molar-refractivity contribution in [2.45, 2.75) is 0 Å². The topological polar surface area (TPSA) is 72.8 Å². The highest BCUT2D eigenvalue weighted by molar-refractivity contribution is 7.80. The lowest BCUT2D eigenvalue weighted by atomic mass is 10.2. The number of fused-ring (bicyclic) bond motifs is 1. The normalized spacial score (nSPS) is 11.2. The Bertz CT molecular complexity index is 908. The molecule has 3 N–H and O–H groups in total. The first-order chi connectivity index (χ1) is 11.0. The summed E-state index contributed by atoms with van der Waals surface area (Å²) in [4.78, 5) is 2.69. The fraction of sp³-hybridized carbons (Fsp3) is 0. The van der Waals surface area contributed by atoms with E-state index in [2.05, 4.69) is 20.5 Å². The first kappa shape index (κ1) is 15.4. The van der Waals surface area contributed by atoms with Crippen molar-refractivity contribution in [3.63, 3.8) is 0 Å². The fourth-order valence-electron chi connectivity index (χ4n) is 2.01. The number of aromatic nitrogens is 1. The van der Waals surface area contributed by atoms with Crippen molar-refractivity contribution in [1.82, 2.24) is 4.98 Å². The van der Waals surface area contributed by atoms with Crippen LogP contribution in [0.25, 0.3) is 10.9 Å². The van der Waals surface area contributed by atoms with E-state index in [9.17, 15) is 9.50 Å². The summed E-state index contributed by atoms with van der Waals surface area (Å²) in [6, 6.07) is 10.9. The number of benzene rings is 2. The van der Waals surface area contributed by atoms with Crippen LogP contribution in [-0.2, 0) is 0 Å². The molecular formula is C15H10ClFN4OS. The Hall–Kier alpha value is -2.51. The SMILES string of the molecule is Oc1[nH]c2ccc(F)cc2c1N=NC(=S)Nc1ccc(Cl)cc1. The second-order valence-electron chi connectivity index (χ2n) is 4.65. The van der Waals surface area contributed by atoms with E-state index >= 15 is 0 Å². The zero-order valence-electron chi connectivity index (χ0n) is 11.5. The van der Waals surface area contributed by atoms with Crippen molar-refractivity contribution < 1.29 is 9.50 Å². The van der Waals surface area contributed by atoms with E-state index in [-0.39, 0.29) is 16.7 Å². The minimum atomic E-state index is -0.435. The first-order valence-electron chi connectivity index (χ1n) is 6.51. The number of nitrogens with one attached hydrogen (secondary N) is 2. The average Bonchev–Trinajstić information content (AvgIpc) is 2.82. The molecule has 2 aromatic carbocycles. The van der Waals surface area contributed by atoms with Crippen molar-refractivity contribution in [3.8, 4) is 5.88 Å². The van der Waals surface area contributed by atoms with Crippen LogP contribution in [0.2, 0.25) is 5.02 Å². The Balaban J connectivity index is 1.82. The number of aromatic amines is 1. The molecule has 5 nitrogen and oxygen atoms in total. The molecule has 0 amide bonds. The lowest BCUT2D eigenvalue weighted by Gasteiger charge is -2.02. The summed E-state index contributed by atoms with van der Waals surface area (Å²) in [7, 11) is 0. The van der Waals surface area contributed by atoms with E-state index in [0.717, 1.165) is 0 Å². The molecule has 3 rings (SSSR count). The molecule has 1 aromatic heterocycles. The Morgan fingerprint density at radius 3 is 2.70 bits per heavy atom. The van der Waals surface area contributed by atoms with E-state index in [0.29, 0.717) is 21.6 Å². The highest BCUT2D eigenvalue weighted by Gasteiger charge is 2.11. The highest BCUT2D eigenvalue weighted by atomic mass is 35.5. The van der Waals surface area contributed by atoms with Gasteiger partial charge in [0.1, 0.15) is 5.82 Å². The molecule has 0 spiro atoms. The van der Waals surface area contributed by atoms with Gasteiger partial charge in [-0.05, 0) is 54.7 Å². The van der Waals surface area contributed by atoms with Crippen molar-refractivity contribution in [2.75, 3.05) is 5.32 Å². The van der Waals surface area contributed by atoms with Crippen molar-refractivity contribution in [1.29, 1.82) is 0 Å².